The fourth-order valence-corrected chi connectivity index (χ4v) is 4.86. The average molecular weight is 460 g/mol. The minimum Gasteiger partial charge on any atom is -0.364 e. The molecule has 1 aliphatic carbocycles. The van der Waals surface area contributed by atoms with Crippen molar-refractivity contribution in [2.45, 2.75) is 24.1 Å². The van der Waals surface area contributed by atoms with E-state index in [1.807, 2.05) is 0 Å². The van der Waals surface area contributed by atoms with Gasteiger partial charge in [-0.25, -0.2) is 4.79 Å². The fourth-order valence-electron chi connectivity index (χ4n) is 4.41. The van der Waals surface area contributed by atoms with E-state index < -0.39 is 11.3 Å². The molecule has 1 saturated heterocycles. The molecule has 2 fully saturated rings. The predicted molar refractivity (Wildman–Crippen MR) is 121 cm³/mol. The molecule has 1 N–H and O–H groups in total. The molecule has 2 amide bonds. The summed E-state index contributed by atoms with van der Waals surface area (Å²) in [6.45, 7) is 0. The first-order chi connectivity index (χ1) is 14.4. The minimum atomic E-state index is -1.61. The number of halogens is 3. The first-order valence-electron chi connectivity index (χ1n) is 9.51. The van der Waals surface area contributed by atoms with Crippen molar-refractivity contribution in [3.8, 4) is 0 Å². The number of aliphatic hydroxyl groups is 1. The van der Waals surface area contributed by atoms with Gasteiger partial charge < -0.3 is 5.11 Å². The quantitative estimate of drug-likeness (QED) is 0.488. The van der Waals surface area contributed by atoms with Gasteiger partial charge in [-0.2, -0.15) is 0 Å². The Kier molecular flexibility index (Phi) is 4.53. The fraction of sp³-hybridized carbons (Fsp3) is 0.174. The van der Waals surface area contributed by atoms with E-state index in [1.54, 1.807) is 77.7 Å². The lowest BCUT2D eigenvalue weighted by Crippen LogP contribution is -2.51. The Morgan fingerprint density at radius 3 is 1.77 bits per heavy atom. The van der Waals surface area contributed by atoms with E-state index >= 15 is 0 Å². The van der Waals surface area contributed by atoms with Crippen LogP contribution in [-0.2, 0) is 5.72 Å². The molecule has 1 unspecified atom stereocenters. The van der Waals surface area contributed by atoms with Crippen LogP contribution in [0.2, 0.25) is 15.1 Å². The highest BCUT2D eigenvalue weighted by Crippen LogP contribution is 2.62. The van der Waals surface area contributed by atoms with E-state index in [4.69, 9.17) is 34.8 Å². The van der Waals surface area contributed by atoms with Gasteiger partial charge in [-0.05, 0) is 73.5 Å². The summed E-state index contributed by atoms with van der Waals surface area (Å²) in [6, 6.07) is 20.7. The Hall–Kier alpha value is -2.24. The summed E-state index contributed by atoms with van der Waals surface area (Å²) < 4.78 is 0. The molecule has 0 aromatic heterocycles. The van der Waals surface area contributed by atoms with Crippen molar-refractivity contribution in [3.63, 3.8) is 0 Å². The third kappa shape index (κ3) is 2.75. The molecule has 152 valence electrons. The molecule has 1 spiro atoms. The van der Waals surface area contributed by atoms with E-state index in [1.165, 1.54) is 4.90 Å². The molecular weight excluding hydrogens is 443 g/mol. The van der Waals surface area contributed by atoms with Gasteiger partial charge in [-0.3, -0.25) is 9.80 Å². The Balaban J connectivity index is 1.74. The van der Waals surface area contributed by atoms with Gasteiger partial charge >= 0.3 is 6.03 Å². The highest BCUT2D eigenvalue weighted by Gasteiger charge is 2.74. The molecule has 1 aliphatic heterocycles. The largest absolute Gasteiger partial charge is 0.364 e. The number of hydrogen-bond donors (Lipinski definition) is 1. The zero-order chi connectivity index (χ0) is 21.1. The van der Waals surface area contributed by atoms with Crippen molar-refractivity contribution in [1.29, 1.82) is 0 Å². The van der Waals surface area contributed by atoms with Gasteiger partial charge in [-0.15, -0.1) is 0 Å². The van der Waals surface area contributed by atoms with Gasteiger partial charge in [0.25, 0.3) is 0 Å². The maximum absolute atomic E-state index is 13.8. The number of amides is 2. The van der Waals surface area contributed by atoms with Crippen molar-refractivity contribution in [3.05, 3.63) is 93.4 Å². The van der Waals surface area contributed by atoms with Crippen LogP contribution in [0.5, 0.6) is 0 Å². The number of nitrogens with zero attached hydrogens (tertiary/aromatic N) is 2. The SMILES string of the molecule is O=C1N(c2ccc(Cl)cc2)C2(CC2)C(O)(c2cccc(Cl)c2)N1c1ccc(Cl)cc1. The highest BCUT2D eigenvalue weighted by atomic mass is 35.5. The smallest absolute Gasteiger partial charge is 0.332 e. The zero-order valence-corrected chi connectivity index (χ0v) is 18.0. The second kappa shape index (κ2) is 6.89. The van der Waals surface area contributed by atoms with Crippen molar-refractivity contribution in [2.75, 3.05) is 9.80 Å². The van der Waals surface area contributed by atoms with E-state index in [2.05, 4.69) is 0 Å². The van der Waals surface area contributed by atoms with Crippen LogP contribution in [0.1, 0.15) is 18.4 Å². The zero-order valence-electron chi connectivity index (χ0n) is 15.7. The summed E-state index contributed by atoms with van der Waals surface area (Å²) >= 11 is 18.4. The van der Waals surface area contributed by atoms with Crippen LogP contribution >= 0.6 is 34.8 Å². The van der Waals surface area contributed by atoms with Crippen LogP contribution < -0.4 is 9.80 Å². The maximum Gasteiger partial charge on any atom is 0.332 e. The van der Waals surface area contributed by atoms with Crippen LogP contribution in [0.3, 0.4) is 0 Å². The predicted octanol–water partition coefficient (Wildman–Crippen LogP) is 6.47. The van der Waals surface area contributed by atoms with Crippen LogP contribution in [0, 0.1) is 0 Å². The number of urea groups is 1. The minimum absolute atomic E-state index is 0.320. The molecule has 3 aromatic rings. The molecule has 30 heavy (non-hydrogen) atoms. The topological polar surface area (TPSA) is 43.8 Å². The first-order valence-corrected chi connectivity index (χ1v) is 10.6. The van der Waals surface area contributed by atoms with Gasteiger partial charge in [0.15, 0.2) is 5.72 Å². The molecule has 0 bridgehead atoms. The lowest BCUT2D eigenvalue weighted by Gasteiger charge is -2.37. The highest BCUT2D eigenvalue weighted by molar-refractivity contribution is 6.31. The van der Waals surface area contributed by atoms with Crippen molar-refractivity contribution >= 4 is 52.2 Å². The molecule has 7 heteroatoms. The Morgan fingerprint density at radius 1 is 0.733 bits per heavy atom. The molecule has 2 aliphatic rings. The molecule has 1 saturated carbocycles. The van der Waals surface area contributed by atoms with E-state index in [0.29, 0.717) is 44.8 Å². The van der Waals surface area contributed by atoms with Gasteiger partial charge in [-0.1, -0.05) is 46.9 Å². The Morgan fingerprint density at radius 2 is 1.27 bits per heavy atom. The van der Waals surface area contributed by atoms with Crippen molar-refractivity contribution in [1.82, 2.24) is 0 Å². The molecule has 0 radical (unpaired) electrons. The summed E-state index contributed by atoms with van der Waals surface area (Å²) in [5, 5.41) is 13.9. The third-order valence-electron chi connectivity index (χ3n) is 5.90. The number of hydrogen-bond acceptors (Lipinski definition) is 2. The normalized spacial score (nSPS) is 22.1. The number of carbonyl (C=O) groups is 1. The van der Waals surface area contributed by atoms with Crippen LogP contribution in [0.25, 0.3) is 0 Å². The summed E-state index contributed by atoms with van der Waals surface area (Å²) in [7, 11) is 0. The van der Waals surface area contributed by atoms with Gasteiger partial charge in [0.2, 0.25) is 0 Å². The van der Waals surface area contributed by atoms with Crippen LogP contribution in [0.4, 0.5) is 16.2 Å². The van der Waals surface area contributed by atoms with E-state index in [-0.39, 0.29) is 6.03 Å². The first kappa shape index (κ1) is 19.7. The van der Waals surface area contributed by atoms with Crippen molar-refractivity contribution in [2.24, 2.45) is 0 Å². The Bertz CT molecular complexity index is 1130. The molecule has 5 rings (SSSR count). The molecule has 1 heterocycles. The van der Waals surface area contributed by atoms with E-state index in [0.717, 1.165) is 0 Å². The maximum atomic E-state index is 13.8. The number of benzene rings is 3. The lowest BCUT2D eigenvalue weighted by atomic mass is 9.91. The lowest BCUT2D eigenvalue weighted by molar-refractivity contribution is 0.0222. The van der Waals surface area contributed by atoms with E-state index in [9.17, 15) is 9.90 Å². The summed E-state index contributed by atoms with van der Waals surface area (Å²) in [6.07, 6.45) is 1.29. The summed E-state index contributed by atoms with van der Waals surface area (Å²) in [5.41, 5.74) is -0.634. The standard InChI is InChI=1S/C23H17Cl3N2O2/c24-16-4-8-19(9-5-16)27-21(29)28(20-10-6-17(25)7-11-20)23(30,22(27)12-13-22)15-2-1-3-18(26)14-15/h1-11,14,30H,12-13H2. The monoisotopic (exact) mass is 458 g/mol. The second-order valence-electron chi connectivity index (χ2n) is 7.62. The summed E-state index contributed by atoms with van der Waals surface area (Å²) in [5.74, 6) is 0. The third-order valence-corrected chi connectivity index (χ3v) is 6.64. The van der Waals surface area contributed by atoms with Crippen LogP contribution in [0.15, 0.2) is 72.8 Å². The Labute approximate surface area is 189 Å². The van der Waals surface area contributed by atoms with Crippen LogP contribution in [-0.4, -0.2) is 16.7 Å². The molecule has 4 nitrogen and oxygen atoms in total. The summed E-state index contributed by atoms with van der Waals surface area (Å²) in [4.78, 5) is 16.9. The number of carbonyl (C=O) groups excluding carboxylic acids is 1. The second-order valence-corrected chi connectivity index (χ2v) is 8.93. The molecule has 1 atom stereocenters. The number of rotatable bonds is 3. The van der Waals surface area contributed by atoms with Crippen molar-refractivity contribution < 1.29 is 9.90 Å². The van der Waals surface area contributed by atoms with Gasteiger partial charge in [0.05, 0.1) is 0 Å². The van der Waals surface area contributed by atoms with Gasteiger partial charge in [0.1, 0.15) is 5.54 Å². The molecular formula is C23H17Cl3N2O2. The molecule has 3 aromatic carbocycles. The average Bonchev–Trinajstić information content (AvgIpc) is 3.50. The van der Waals surface area contributed by atoms with Gasteiger partial charge in [0, 0.05) is 32.0 Å². The number of anilines is 2.